The molecule has 1 atom stereocenters. The predicted molar refractivity (Wildman–Crippen MR) is 83.0 cm³/mol. The first-order valence-electron chi connectivity index (χ1n) is 6.90. The number of nitrogens with two attached hydrogens (primary N) is 1. The molecule has 0 bridgehead atoms. The predicted octanol–water partition coefficient (Wildman–Crippen LogP) is 3.11. The second-order valence-electron chi connectivity index (χ2n) is 5.03. The largest absolute Gasteiger partial charge is 0.324 e. The Morgan fingerprint density at radius 3 is 2.67 bits per heavy atom. The number of benzene rings is 2. The summed E-state index contributed by atoms with van der Waals surface area (Å²) in [5.74, 6) is 0.742. The zero-order valence-corrected chi connectivity index (χ0v) is 11.8. The summed E-state index contributed by atoms with van der Waals surface area (Å²) in [4.78, 5) is 4.58. The lowest BCUT2D eigenvalue weighted by atomic mass is 10.1. The van der Waals surface area contributed by atoms with Gasteiger partial charge in [-0.15, -0.1) is 0 Å². The molecule has 2 N–H and O–H groups in total. The van der Waals surface area contributed by atoms with Crippen molar-refractivity contribution in [1.29, 1.82) is 5.26 Å². The van der Waals surface area contributed by atoms with Crippen LogP contribution in [0.4, 0.5) is 0 Å². The van der Waals surface area contributed by atoms with E-state index >= 15 is 0 Å². The van der Waals surface area contributed by atoms with Crippen molar-refractivity contribution in [2.45, 2.75) is 19.4 Å². The summed E-state index contributed by atoms with van der Waals surface area (Å²) in [6, 6.07) is 18.0. The Bertz CT molecular complexity index is 824. The molecule has 4 heteroatoms. The van der Waals surface area contributed by atoms with Gasteiger partial charge in [-0.1, -0.05) is 30.3 Å². The van der Waals surface area contributed by atoms with Gasteiger partial charge in [0, 0.05) is 6.04 Å². The number of nitriles is 1. The number of hydrogen-bond donors (Lipinski definition) is 1. The Morgan fingerprint density at radius 1 is 1.19 bits per heavy atom. The van der Waals surface area contributed by atoms with Crippen LogP contribution in [0, 0.1) is 11.3 Å². The maximum atomic E-state index is 9.07. The molecule has 0 radical (unpaired) electrons. The van der Waals surface area contributed by atoms with E-state index in [1.165, 1.54) is 0 Å². The first-order valence-corrected chi connectivity index (χ1v) is 6.90. The molecule has 21 heavy (non-hydrogen) atoms. The van der Waals surface area contributed by atoms with Crippen LogP contribution < -0.4 is 5.73 Å². The van der Waals surface area contributed by atoms with Crippen molar-refractivity contribution in [3.63, 3.8) is 0 Å². The molecular weight excluding hydrogens is 260 g/mol. The molecular formula is C17H16N4. The van der Waals surface area contributed by atoms with Crippen molar-refractivity contribution in [1.82, 2.24) is 9.55 Å². The van der Waals surface area contributed by atoms with Crippen LogP contribution in [-0.2, 0) is 6.42 Å². The molecule has 0 saturated carbocycles. The first-order chi connectivity index (χ1) is 10.2. The van der Waals surface area contributed by atoms with Crippen molar-refractivity contribution in [3.05, 3.63) is 59.9 Å². The summed E-state index contributed by atoms with van der Waals surface area (Å²) in [7, 11) is 0. The molecule has 1 aromatic heterocycles. The van der Waals surface area contributed by atoms with Crippen LogP contribution in [0.1, 0.15) is 24.4 Å². The van der Waals surface area contributed by atoms with Crippen LogP contribution in [0.5, 0.6) is 0 Å². The highest BCUT2D eigenvalue weighted by molar-refractivity contribution is 5.78. The van der Waals surface area contributed by atoms with Crippen LogP contribution in [0.15, 0.2) is 48.5 Å². The van der Waals surface area contributed by atoms with E-state index in [2.05, 4.69) is 11.1 Å². The Hall–Kier alpha value is -2.64. The lowest BCUT2D eigenvalue weighted by molar-refractivity contribution is 0.800. The quantitative estimate of drug-likeness (QED) is 0.799. The van der Waals surface area contributed by atoms with Gasteiger partial charge in [-0.2, -0.15) is 5.26 Å². The second kappa shape index (κ2) is 5.39. The zero-order chi connectivity index (χ0) is 14.8. The van der Waals surface area contributed by atoms with Gasteiger partial charge in [-0.3, -0.25) is 4.57 Å². The maximum Gasteiger partial charge on any atom is 0.128 e. The maximum absolute atomic E-state index is 9.07. The monoisotopic (exact) mass is 276 g/mol. The zero-order valence-electron chi connectivity index (χ0n) is 11.8. The average Bonchev–Trinajstić information content (AvgIpc) is 2.85. The van der Waals surface area contributed by atoms with Gasteiger partial charge in [-0.25, -0.2) is 4.98 Å². The average molecular weight is 276 g/mol. The molecule has 0 amide bonds. The minimum absolute atomic E-state index is 0.0858. The number of rotatable bonds is 3. The minimum atomic E-state index is -0.0858. The van der Waals surface area contributed by atoms with E-state index < -0.39 is 0 Å². The molecule has 0 saturated heterocycles. The number of para-hydroxylation sites is 3. The van der Waals surface area contributed by atoms with Crippen molar-refractivity contribution in [2.24, 2.45) is 5.73 Å². The number of imidazole rings is 1. The van der Waals surface area contributed by atoms with E-state index in [1.54, 1.807) is 0 Å². The van der Waals surface area contributed by atoms with Crippen molar-refractivity contribution < 1.29 is 0 Å². The molecule has 0 spiro atoms. The van der Waals surface area contributed by atoms with E-state index in [9.17, 15) is 0 Å². The fourth-order valence-electron chi connectivity index (χ4n) is 2.61. The molecule has 3 rings (SSSR count). The molecule has 0 unspecified atom stereocenters. The Balaban J connectivity index is 2.34. The lowest BCUT2D eigenvalue weighted by Gasteiger charge is -2.15. The molecule has 0 aliphatic rings. The van der Waals surface area contributed by atoms with Crippen LogP contribution >= 0.6 is 0 Å². The van der Waals surface area contributed by atoms with E-state index in [0.29, 0.717) is 0 Å². The number of fused-ring (bicyclic) bond motifs is 1. The molecule has 3 aromatic rings. The molecule has 4 nitrogen and oxygen atoms in total. The molecule has 2 aromatic carbocycles. The van der Waals surface area contributed by atoms with E-state index in [0.717, 1.165) is 28.1 Å². The molecule has 104 valence electrons. The highest BCUT2D eigenvalue weighted by Gasteiger charge is 2.15. The van der Waals surface area contributed by atoms with Gasteiger partial charge in [0.1, 0.15) is 5.82 Å². The fourth-order valence-corrected chi connectivity index (χ4v) is 2.61. The van der Waals surface area contributed by atoms with Crippen LogP contribution in [0.25, 0.3) is 16.7 Å². The lowest BCUT2D eigenvalue weighted by Crippen LogP contribution is -2.11. The summed E-state index contributed by atoms with van der Waals surface area (Å²) >= 11 is 0. The molecule has 1 heterocycles. The van der Waals surface area contributed by atoms with E-state index in [-0.39, 0.29) is 12.5 Å². The van der Waals surface area contributed by atoms with Crippen molar-refractivity contribution in [3.8, 4) is 11.8 Å². The van der Waals surface area contributed by atoms with Gasteiger partial charge < -0.3 is 5.73 Å². The summed E-state index contributed by atoms with van der Waals surface area (Å²) in [5, 5.41) is 9.07. The van der Waals surface area contributed by atoms with Crippen LogP contribution in [0.3, 0.4) is 0 Å². The topological polar surface area (TPSA) is 67.6 Å². The highest BCUT2D eigenvalue weighted by Crippen LogP contribution is 2.26. The second-order valence-corrected chi connectivity index (χ2v) is 5.03. The summed E-state index contributed by atoms with van der Waals surface area (Å²) < 4.78 is 2.04. The van der Waals surface area contributed by atoms with Crippen LogP contribution in [0.2, 0.25) is 0 Å². The van der Waals surface area contributed by atoms with Gasteiger partial charge in [0.25, 0.3) is 0 Å². The van der Waals surface area contributed by atoms with Gasteiger partial charge in [-0.05, 0) is 30.7 Å². The smallest absolute Gasteiger partial charge is 0.128 e. The first kappa shape index (κ1) is 13.3. The Kier molecular flexibility index (Phi) is 3.43. The van der Waals surface area contributed by atoms with Gasteiger partial charge in [0.05, 0.1) is 29.2 Å². The molecule has 0 fully saturated rings. The SMILES string of the molecule is C[C@@H](N)c1ccccc1-n1c(CC#N)nc2ccccc21. The summed E-state index contributed by atoms with van der Waals surface area (Å²) in [6.07, 6.45) is 0.266. The normalized spacial score (nSPS) is 12.2. The fraction of sp³-hybridized carbons (Fsp3) is 0.176. The third-order valence-electron chi connectivity index (χ3n) is 3.54. The van der Waals surface area contributed by atoms with Crippen LogP contribution in [-0.4, -0.2) is 9.55 Å². The summed E-state index contributed by atoms with van der Waals surface area (Å²) in [6.45, 7) is 1.96. The third kappa shape index (κ3) is 2.28. The number of nitrogens with zero attached hydrogens (tertiary/aromatic N) is 3. The van der Waals surface area contributed by atoms with Crippen molar-refractivity contribution >= 4 is 11.0 Å². The van der Waals surface area contributed by atoms with Crippen molar-refractivity contribution in [2.75, 3.05) is 0 Å². The van der Waals surface area contributed by atoms with Gasteiger partial charge >= 0.3 is 0 Å². The number of aromatic nitrogens is 2. The third-order valence-corrected chi connectivity index (χ3v) is 3.54. The highest BCUT2D eigenvalue weighted by atomic mass is 15.1. The number of hydrogen-bond acceptors (Lipinski definition) is 3. The molecule has 0 aliphatic carbocycles. The minimum Gasteiger partial charge on any atom is -0.324 e. The Labute approximate surface area is 123 Å². The Morgan fingerprint density at radius 2 is 1.90 bits per heavy atom. The van der Waals surface area contributed by atoms with Gasteiger partial charge in [0.15, 0.2) is 0 Å². The standard InChI is InChI=1S/C17H16N4/c1-12(19)13-6-2-4-8-15(13)21-16-9-5-3-7-14(16)20-17(21)10-11-18/h2-9,12H,10,19H2,1H3/t12-/m1/s1. The summed E-state index contributed by atoms with van der Waals surface area (Å²) in [5.41, 5.74) is 10.0. The van der Waals surface area contributed by atoms with E-state index in [1.807, 2.05) is 60.0 Å². The van der Waals surface area contributed by atoms with Gasteiger partial charge in [0.2, 0.25) is 0 Å². The molecule has 0 aliphatic heterocycles. The van der Waals surface area contributed by atoms with E-state index in [4.69, 9.17) is 11.0 Å².